The summed E-state index contributed by atoms with van der Waals surface area (Å²) in [6.07, 6.45) is 4.45. The Morgan fingerprint density at radius 1 is 1.21 bits per heavy atom. The molecule has 1 aliphatic heterocycles. The van der Waals surface area contributed by atoms with Gasteiger partial charge in [0.25, 0.3) is 0 Å². The lowest BCUT2D eigenvalue weighted by Crippen LogP contribution is -2.48. The minimum Gasteiger partial charge on any atom is -0.444 e. The molecule has 0 bridgehead atoms. The lowest BCUT2D eigenvalue weighted by Gasteiger charge is -2.39. The second kappa shape index (κ2) is 9.27. The Hall–Kier alpha value is -1.59. The number of ether oxygens (including phenoxy) is 2. The molecule has 1 amide bonds. The second-order valence-corrected chi connectivity index (χ2v) is 9.25. The van der Waals surface area contributed by atoms with E-state index in [0.29, 0.717) is 25.1 Å². The summed E-state index contributed by atoms with van der Waals surface area (Å²) in [5, 5.41) is 0. The van der Waals surface area contributed by atoms with Crippen molar-refractivity contribution in [3.8, 4) is 0 Å². The molecule has 5 nitrogen and oxygen atoms in total. The summed E-state index contributed by atoms with van der Waals surface area (Å²) in [6, 6.07) is 9.44. The van der Waals surface area contributed by atoms with E-state index in [4.69, 9.17) is 9.47 Å². The fourth-order valence-corrected chi connectivity index (χ4v) is 4.47. The van der Waals surface area contributed by atoms with E-state index in [1.165, 1.54) is 30.5 Å². The fraction of sp³-hybridized carbons (Fsp3) is 0.696. The molecule has 1 saturated heterocycles. The van der Waals surface area contributed by atoms with Crippen molar-refractivity contribution in [2.45, 2.75) is 58.1 Å². The zero-order valence-corrected chi connectivity index (χ0v) is 17.9. The van der Waals surface area contributed by atoms with Crippen molar-refractivity contribution in [2.75, 3.05) is 39.9 Å². The van der Waals surface area contributed by atoms with Crippen molar-refractivity contribution in [1.82, 2.24) is 9.80 Å². The summed E-state index contributed by atoms with van der Waals surface area (Å²) in [5.74, 6) is 0.488. The first kappa shape index (κ1) is 21.1. The van der Waals surface area contributed by atoms with Crippen molar-refractivity contribution in [3.63, 3.8) is 0 Å². The molecule has 28 heavy (non-hydrogen) atoms. The van der Waals surface area contributed by atoms with Crippen LogP contribution < -0.4 is 0 Å². The van der Waals surface area contributed by atoms with Crippen molar-refractivity contribution in [1.29, 1.82) is 0 Å². The van der Waals surface area contributed by atoms with Crippen LogP contribution in [0.15, 0.2) is 24.3 Å². The van der Waals surface area contributed by atoms with Gasteiger partial charge in [0, 0.05) is 32.8 Å². The number of amides is 1. The maximum absolute atomic E-state index is 12.7. The smallest absolute Gasteiger partial charge is 0.410 e. The third-order valence-corrected chi connectivity index (χ3v) is 5.79. The third kappa shape index (κ3) is 5.71. The lowest BCUT2D eigenvalue weighted by molar-refractivity contribution is 0.0122. The topological polar surface area (TPSA) is 42.0 Å². The van der Waals surface area contributed by atoms with Crippen LogP contribution in [0.25, 0.3) is 0 Å². The number of nitrogens with zero attached hydrogens (tertiary/aromatic N) is 2. The van der Waals surface area contributed by atoms with Gasteiger partial charge in [-0.3, -0.25) is 4.90 Å². The van der Waals surface area contributed by atoms with Crippen LogP contribution >= 0.6 is 0 Å². The second-order valence-electron chi connectivity index (χ2n) is 9.25. The van der Waals surface area contributed by atoms with Crippen molar-refractivity contribution in [2.24, 2.45) is 5.92 Å². The van der Waals surface area contributed by atoms with Gasteiger partial charge in [-0.25, -0.2) is 4.79 Å². The molecule has 0 spiro atoms. The van der Waals surface area contributed by atoms with E-state index >= 15 is 0 Å². The molecule has 1 aromatic rings. The average Bonchev–Trinajstić information content (AvgIpc) is 3.08. The van der Waals surface area contributed by atoms with Crippen molar-refractivity contribution >= 4 is 6.09 Å². The lowest BCUT2D eigenvalue weighted by atomic mass is 9.95. The Kier molecular flexibility index (Phi) is 7.00. The van der Waals surface area contributed by atoms with E-state index in [1.807, 2.05) is 25.7 Å². The van der Waals surface area contributed by atoms with Gasteiger partial charge in [-0.1, -0.05) is 24.3 Å². The van der Waals surface area contributed by atoms with Gasteiger partial charge in [0.05, 0.1) is 6.61 Å². The SMILES string of the molecule is COCCN(CC1CCCN(C2Cc3ccccc3C2)C1)C(=O)OC(C)(C)C. The molecule has 0 N–H and O–H groups in total. The number of carbonyl (C=O) groups is 1. The van der Waals surface area contributed by atoms with Gasteiger partial charge in [-0.2, -0.15) is 0 Å². The van der Waals surface area contributed by atoms with Crippen LogP contribution in [0, 0.1) is 5.92 Å². The average molecular weight is 389 g/mol. The molecule has 1 aromatic carbocycles. The summed E-state index contributed by atoms with van der Waals surface area (Å²) in [7, 11) is 1.67. The number of likely N-dealkylation sites (tertiary alicyclic amines) is 1. The van der Waals surface area contributed by atoms with Gasteiger partial charge in [-0.05, 0) is 70.0 Å². The summed E-state index contributed by atoms with van der Waals surface area (Å²) in [5.41, 5.74) is 2.53. The number of fused-ring (bicyclic) bond motifs is 1. The summed E-state index contributed by atoms with van der Waals surface area (Å²) in [6.45, 7) is 9.84. The predicted molar refractivity (Wildman–Crippen MR) is 112 cm³/mol. The summed E-state index contributed by atoms with van der Waals surface area (Å²) in [4.78, 5) is 17.1. The molecule has 1 atom stereocenters. The third-order valence-electron chi connectivity index (χ3n) is 5.79. The largest absolute Gasteiger partial charge is 0.444 e. The van der Waals surface area contributed by atoms with E-state index in [9.17, 15) is 4.79 Å². The molecule has 1 heterocycles. The molecule has 2 aliphatic rings. The fourth-order valence-electron chi connectivity index (χ4n) is 4.47. The first-order valence-electron chi connectivity index (χ1n) is 10.6. The number of rotatable bonds is 6. The first-order valence-corrected chi connectivity index (χ1v) is 10.6. The highest BCUT2D eigenvalue weighted by Crippen LogP contribution is 2.29. The van der Waals surface area contributed by atoms with E-state index in [2.05, 4.69) is 29.2 Å². The van der Waals surface area contributed by atoms with Crippen LogP contribution in [0.2, 0.25) is 0 Å². The quantitative estimate of drug-likeness (QED) is 0.744. The molecule has 1 fully saturated rings. The zero-order chi connectivity index (χ0) is 20.1. The van der Waals surface area contributed by atoms with Crippen LogP contribution in [-0.4, -0.2) is 67.4 Å². The minimum atomic E-state index is -0.476. The number of hydrogen-bond donors (Lipinski definition) is 0. The Morgan fingerprint density at radius 2 is 1.89 bits per heavy atom. The van der Waals surface area contributed by atoms with Crippen LogP contribution in [0.5, 0.6) is 0 Å². The number of piperidine rings is 1. The maximum atomic E-state index is 12.7. The maximum Gasteiger partial charge on any atom is 0.410 e. The molecular weight excluding hydrogens is 352 g/mol. The van der Waals surface area contributed by atoms with Crippen molar-refractivity contribution < 1.29 is 14.3 Å². The van der Waals surface area contributed by atoms with Gasteiger partial charge in [0.1, 0.15) is 5.60 Å². The van der Waals surface area contributed by atoms with Gasteiger partial charge >= 0.3 is 6.09 Å². The molecular formula is C23H36N2O3. The Labute approximate surface area is 170 Å². The van der Waals surface area contributed by atoms with Gasteiger partial charge in [-0.15, -0.1) is 0 Å². The molecule has 1 aliphatic carbocycles. The Bertz CT molecular complexity index is 630. The molecule has 3 rings (SSSR count). The monoisotopic (exact) mass is 388 g/mol. The number of methoxy groups -OCH3 is 1. The highest BCUT2D eigenvalue weighted by molar-refractivity contribution is 5.68. The first-order chi connectivity index (χ1) is 13.4. The molecule has 0 aromatic heterocycles. The molecule has 0 saturated carbocycles. The van der Waals surface area contributed by atoms with Gasteiger partial charge in [0.15, 0.2) is 0 Å². The van der Waals surface area contributed by atoms with Gasteiger partial charge in [0.2, 0.25) is 0 Å². The minimum absolute atomic E-state index is 0.227. The number of hydrogen-bond acceptors (Lipinski definition) is 4. The highest BCUT2D eigenvalue weighted by Gasteiger charge is 2.32. The standard InChI is InChI=1S/C23H36N2O3/c1-23(2,3)28-22(26)25(12-13-27-4)17-18-8-7-11-24(16-18)21-14-19-9-5-6-10-20(19)15-21/h5-6,9-10,18,21H,7-8,11-17H2,1-4H3. The zero-order valence-electron chi connectivity index (χ0n) is 17.9. The predicted octanol–water partition coefficient (Wildman–Crippen LogP) is 3.75. The number of carbonyl (C=O) groups excluding carboxylic acids is 1. The summed E-state index contributed by atoms with van der Waals surface area (Å²) >= 11 is 0. The van der Waals surface area contributed by atoms with Crippen LogP contribution in [0.4, 0.5) is 4.79 Å². The van der Waals surface area contributed by atoms with Crippen molar-refractivity contribution in [3.05, 3.63) is 35.4 Å². The van der Waals surface area contributed by atoms with Crippen LogP contribution in [0.3, 0.4) is 0 Å². The van der Waals surface area contributed by atoms with Crippen LogP contribution in [0.1, 0.15) is 44.7 Å². The molecule has 156 valence electrons. The number of benzene rings is 1. The van der Waals surface area contributed by atoms with E-state index in [0.717, 1.165) is 25.9 Å². The summed E-state index contributed by atoms with van der Waals surface area (Å²) < 4.78 is 10.8. The van der Waals surface area contributed by atoms with E-state index in [-0.39, 0.29) is 6.09 Å². The highest BCUT2D eigenvalue weighted by atomic mass is 16.6. The van der Waals surface area contributed by atoms with Crippen LogP contribution in [-0.2, 0) is 22.3 Å². The molecule has 1 unspecified atom stereocenters. The molecule has 0 radical (unpaired) electrons. The van der Waals surface area contributed by atoms with Gasteiger partial charge < -0.3 is 14.4 Å². The van der Waals surface area contributed by atoms with E-state index in [1.54, 1.807) is 7.11 Å². The Morgan fingerprint density at radius 3 is 2.50 bits per heavy atom. The molecule has 5 heteroatoms. The van der Waals surface area contributed by atoms with E-state index < -0.39 is 5.60 Å². The normalized spacial score (nSPS) is 20.8. The Balaban J connectivity index is 1.58.